The molecule has 2 atom stereocenters. The Kier molecular flexibility index (Phi) is 3.63. The first-order valence-corrected chi connectivity index (χ1v) is 6.00. The van der Waals surface area contributed by atoms with Crippen molar-refractivity contribution in [3.8, 4) is 0 Å². The molecule has 0 spiro atoms. The maximum atomic E-state index is 10.8. The Morgan fingerprint density at radius 3 is 2.61 bits per heavy atom. The van der Waals surface area contributed by atoms with Gasteiger partial charge in [0.1, 0.15) is 0 Å². The van der Waals surface area contributed by atoms with Crippen molar-refractivity contribution in [3.05, 3.63) is 33.8 Å². The van der Waals surface area contributed by atoms with Crippen LogP contribution in [0.5, 0.6) is 0 Å². The predicted octanol–water partition coefficient (Wildman–Crippen LogP) is 2.36. The fourth-order valence-corrected chi connectivity index (χ4v) is 2.33. The second kappa shape index (κ2) is 5.04. The third-order valence-corrected chi connectivity index (χ3v) is 3.28. The molecule has 96 valence electrons. The second-order valence-electron chi connectivity index (χ2n) is 3.90. The number of hydrogen-bond donors (Lipinski definition) is 2. The van der Waals surface area contributed by atoms with Gasteiger partial charge in [0.15, 0.2) is 0 Å². The summed E-state index contributed by atoms with van der Waals surface area (Å²) >= 11 is 12.2. The minimum absolute atomic E-state index is 0.199. The van der Waals surface area contributed by atoms with Crippen LogP contribution in [0.15, 0.2) is 23.4 Å². The standard InChI is InChI=1S/C11H11Cl2N3O2/c1-5-9(16-18-10(5)15-11(14)17)8-6(12)3-2-4-7(8)13/h2-5,10H,1H3,(H3,14,15,17)/t5-,10+/m0/s1. The first-order valence-electron chi connectivity index (χ1n) is 5.24. The van der Waals surface area contributed by atoms with Crippen molar-refractivity contribution in [2.45, 2.75) is 13.2 Å². The van der Waals surface area contributed by atoms with E-state index in [-0.39, 0.29) is 5.92 Å². The van der Waals surface area contributed by atoms with Gasteiger partial charge in [0.2, 0.25) is 6.23 Å². The van der Waals surface area contributed by atoms with E-state index in [9.17, 15) is 4.79 Å². The van der Waals surface area contributed by atoms with Gasteiger partial charge in [-0.3, -0.25) is 0 Å². The zero-order chi connectivity index (χ0) is 13.3. The highest BCUT2D eigenvalue weighted by Gasteiger charge is 2.34. The molecular weight excluding hydrogens is 277 g/mol. The second-order valence-corrected chi connectivity index (χ2v) is 4.71. The number of nitrogens with one attached hydrogen (secondary N) is 1. The summed E-state index contributed by atoms with van der Waals surface area (Å²) in [6.45, 7) is 1.84. The number of rotatable bonds is 2. The molecule has 0 fully saturated rings. The topological polar surface area (TPSA) is 76.7 Å². The molecule has 5 nitrogen and oxygen atoms in total. The molecule has 0 aromatic heterocycles. The number of primary amides is 1. The smallest absolute Gasteiger partial charge is 0.315 e. The molecule has 7 heteroatoms. The number of urea groups is 1. The number of benzene rings is 1. The minimum Gasteiger partial charge on any atom is -0.370 e. The summed E-state index contributed by atoms with van der Waals surface area (Å²) in [6, 6.07) is 4.50. The van der Waals surface area contributed by atoms with Gasteiger partial charge in [-0.1, -0.05) is 41.3 Å². The molecule has 0 saturated heterocycles. The molecule has 1 aromatic carbocycles. The van der Waals surface area contributed by atoms with Gasteiger partial charge in [-0.25, -0.2) is 4.79 Å². The molecule has 1 aliphatic heterocycles. The Morgan fingerprint density at radius 1 is 1.44 bits per heavy atom. The summed E-state index contributed by atoms with van der Waals surface area (Å²) < 4.78 is 0. The lowest BCUT2D eigenvalue weighted by Gasteiger charge is -2.15. The van der Waals surface area contributed by atoms with Gasteiger partial charge in [-0.05, 0) is 12.1 Å². The molecular formula is C11H11Cl2N3O2. The normalized spacial score (nSPS) is 22.3. The minimum atomic E-state index is -0.673. The van der Waals surface area contributed by atoms with Crippen molar-refractivity contribution in [1.29, 1.82) is 0 Å². The van der Waals surface area contributed by atoms with Crippen molar-refractivity contribution in [2.24, 2.45) is 16.8 Å². The number of nitrogens with two attached hydrogens (primary N) is 1. The number of nitrogens with zero attached hydrogens (tertiary/aromatic N) is 1. The monoisotopic (exact) mass is 287 g/mol. The van der Waals surface area contributed by atoms with Crippen LogP contribution in [0.4, 0.5) is 4.79 Å². The molecule has 3 N–H and O–H groups in total. The maximum absolute atomic E-state index is 10.8. The molecule has 2 rings (SSSR count). The summed E-state index contributed by atoms with van der Waals surface area (Å²) in [7, 11) is 0. The molecule has 0 radical (unpaired) electrons. The van der Waals surface area contributed by atoms with E-state index < -0.39 is 12.3 Å². The first-order chi connectivity index (χ1) is 8.50. The fraction of sp³-hybridized carbons (Fsp3) is 0.273. The fourth-order valence-electron chi connectivity index (χ4n) is 1.74. The van der Waals surface area contributed by atoms with Crippen LogP contribution in [0.2, 0.25) is 10.0 Å². The van der Waals surface area contributed by atoms with Crippen LogP contribution >= 0.6 is 23.2 Å². The number of carbonyl (C=O) groups excluding carboxylic acids is 1. The summed E-state index contributed by atoms with van der Waals surface area (Å²) in [5.41, 5.74) is 6.25. The number of amides is 2. The molecule has 1 aromatic rings. The molecule has 18 heavy (non-hydrogen) atoms. The van der Waals surface area contributed by atoms with E-state index in [1.165, 1.54) is 0 Å². The first kappa shape index (κ1) is 13.0. The van der Waals surface area contributed by atoms with E-state index in [1.807, 2.05) is 6.92 Å². The van der Waals surface area contributed by atoms with E-state index in [4.69, 9.17) is 33.8 Å². The lowest BCUT2D eigenvalue weighted by Crippen LogP contribution is -2.42. The molecule has 0 aliphatic carbocycles. The number of carbonyl (C=O) groups is 1. The molecule has 2 amide bonds. The van der Waals surface area contributed by atoms with Gasteiger partial charge in [-0.2, -0.15) is 0 Å². The van der Waals surface area contributed by atoms with Crippen molar-refractivity contribution in [1.82, 2.24) is 5.32 Å². The highest BCUT2D eigenvalue weighted by atomic mass is 35.5. The van der Waals surface area contributed by atoms with E-state index >= 15 is 0 Å². The number of oxime groups is 1. The highest BCUT2D eigenvalue weighted by molar-refractivity contribution is 6.40. The molecule has 1 aliphatic rings. The van der Waals surface area contributed by atoms with Gasteiger partial charge in [0.25, 0.3) is 0 Å². The molecule has 1 heterocycles. The van der Waals surface area contributed by atoms with Crippen molar-refractivity contribution in [3.63, 3.8) is 0 Å². The Bertz CT molecular complexity index is 499. The summed E-state index contributed by atoms with van der Waals surface area (Å²) in [5.74, 6) is -0.199. The lowest BCUT2D eigenvalue weighted by atomic mass is 9.97. The predicted molar refractivity (Wildman–Crippen MR) is 69.8 cm³/mol. The van der Waals surface area contributed by atoms with Gasteiger partial charge < -0.3 is 15.9 Å². The Labute approximate surface area is 114 Å². The Morgan fingerprint density at radius 2 is 2.06 bits per heavy atom. The Balaban J connectivity index is 2.28. The van der Waals surface area contributed by atoms with Crippen molar-refractivity contribution in [2.75, 3.05) is 0 Å². The van der Waals surface area contributed by atoms with Gasteiger partial charge >= 0.3 is 6.03 Å². The van der Waals surface area contributed by atoms with Crippen LogP contribution < -0.4 is 11.1 Å². The molecule has 0 saturated carbocycles. The lowest BCUT2D eigenvalue weighted by molar-refractivity contribution is 0.0488. The van der Waals surface area contributed by atoms with Crippen LogP contribution in [0, 0.1) is 5.92 Å². The van der Waals surface area contributed by atoms with Gasteiger partial charge in [0.05, 0.1) is 21.7 Å². The molecule has 0 unspecified atom stereocenters. The van der Waals surface area contributed by atoms with Gasteiger partial charge in [0, 0.05) is 5.56 Å². The number of hydrogen-bond acceptors (Lipinski definition) is 3. The van der Waals surface area contributed by atoms with Crippen LogP contribution in [0.25, 0.3) is 0 Å². The van der Waals surface area contributed by atoms with E-state index in [1.54, 1.807) is 18.2 Å². The van der Waals surface area contributed by atoms with Crippen LogP contribution in [0.1, 0.15) is 12.5 Å². The van der Waals surface area contributed by atoms with Crippen LogP contribution in [-0.2, 0) is 4.84 Å². The SMILES string of the molecule is C[C@H]1C(c2c(Cl)cccc2Cl)=NO[C@H]1NC(N)=O. The third-order valence-electron chi connectivity index (χ3n) is 2.65. The largest absolute Gasteiger partial charge is 0.370 e. The zero-order valence-corrected chi connectivity index (χ0v) is 11.0. The van der Waals surface area contributed by atoms with E-state index in [0.717, 1.165) is 0 Å². The van der Waals surface area contributed by atoms with Crippen molar-refractivity contribution >= 4 is 34.9 Å². The number of halogens is 2. The van der Waals surface area contributed by atoms with Gasteiger partial charge in [-0.15, -0.1) is 0 Å². The maximum Gasteiger partial charge on any atom is 0.315 e. The quantitative estimate of drug-likeness (QED) is 0.876. The summed E-state index contributed by atoms with van der Waals surface area (Å²) in [4.78, 5) is 15.9. The highest BCUT2D eigenvalue weighted by Crippen LogP contribution is 2.31. The average molecular weight is 288 g/mol. The Hall–Kier alpha value is -1.46. The van der Waals surface area contributed by atoms with E-state index in [0.29, 0.717) is 21.3 Å². The van der Waals surface area contributed by atoms with Crippen LogP contribution in [0.3, 0.4) is 0 Å². The average Bonchev–Trinajstić information content (AvgIpc) is 2.61. The zero-order valence-electron chi connectivity index (χ0n) is 9.48. The summed E-state index contributed by atoms with van der Waals surface area (Å²) in [5, 5.41) is 7.33. The van der Waals surface area contributed by atoms with E-state index in [2.05, 4.69) is 10.5 Å². The summed E-state index contributed by atoms with van der Waals surface area (Å²) in [6.07, 6.45) is -0.607. The molecule has 0 bridgehead atoms. The third kappa shape index (κ3) is 2.37. The van der Waals surface area contributed by atoms with Crippen molar-refractivity contribution < 1.29 is 9.63 Å². The van der Waals surface area contributed by atoms with Crippen LogP contribution in [-0.4, -0.2) is 18.0 Å².